The molecule has 2 heterocycles. The normalized spacial score (nSPS) is 13.7. The number of allylic oxidation sites excluding steroid dienone is 1. The summed E-state index contributed by atoms with van der Waals surface area (Å²) in [6, 6.07) is 15.7. The molecule has 0 fully saturated rings. The van der Waals surface area contributed by atoms with Gasteiger partial charge in [0.2, 0.25) is 5.78 Å². The van der Waals surface area contributed by atoms with E-state index in [1.807, 2.05) is 60.3 Å². The molecular weight excluding hydrogens is 446 g/mol. The molecule has 0 saturated heterocycles. The Morgan fingerprint density at radius 2 is 1.83 bits per heavy atom. The molecule has 0 atom stereocenters. The van der Waals surface area contributed by atoms with Gasteiger partial charge in [0.1, 0.15) is 22.8 Å². The molecule has 1 aliphatic rings. The number of hydrogen-bond acceptors (Lipinski definition) is 5. The number of amides is 2. The van der Waals surface area contributed by atoms with Crippen LogP contribution in [0.4, 0.5) is 10.5 Å². The lowest BCUT2D eigenvalue weighted by molar-refractivity contribution is 0.101. The van der Waals surface area contributed by atoms with Crippen LogP contribution in [-0.2, 0) is 7.05 Å². The second-order valence-corrected chi connectivity index (χ2v) is 8.57. The first-order valence-electron chi connectivity index (χ1n) is 10.9. The molecule has 3 N–H and O–H groups in total. The highest BCUT2D eigenvalue weighted by atomic mass is 16.5. The van der Waals surface area contributed by atoms with Gasteiger partial charge in [-0.05, 0) is 35.4 Å². The highest BCUT2D eigenvalue weighted by Crippen LogP contribution is 2.41. The molecule has 0 aliphatic carbocycles. The van der Waals surface area contributed by atoms with Gasteiger partial charge in [0.05, 0.1) is 0 Å². The number of carbonyl (C=O) groups is 2. The van der Waals surface area contributed by atoms with Gasteiger partial charge < -0.3 is 29.7 Å². The lowest BCUT2D eigenvalue weighted by Crippen LogP contribution is -2.27. The van der Waals surface area contributed by atoms with Crippen LogP contribution in [0.15, 0.2) is 66.6 Å². The first kappa shape index (κ1) is 22.1. The molecule has 0 bridgehead atoms. The summed E-state index contributed by atoms with van der Waals surface area (Å²) < 4.78 is 7.66. The summed E-state index contributed by atoms with van der Waals surface area (Å²) in [7, 11) is 5.28. The zero-order valence-electron chi connectivity index (χ0n) is 19.4. The van der Waals surface area contributed by atoms with Crippen molar-refractivity contribution in [3.05, 3.63) is 77.7 Å². The number of Topliss-reactive ketones (excluding diaryl/α,β-unsaturated/α-hetero) is 1. The molecule has 3 aromatic carbocycles. The Hall–Kier alpha value is -4.72. The predicted octanol–water partition coefficient (Wildman–Crippen LogP) is 4.97. The van der Waals surface area contributed by atoms with Crippen molar-refractivity contribution in [2.45, 2.75) is 0 Å². The van der Waals surface area contributed by atoms with E-state index in [9.17, 15) is 19.8 Å². The zero-order valence-corrected chi connectivity index (χ0v) is 19.4. The molecule has 2 amide bonds. The number of carbonyl (C=O) groups excluding carboxylic acids is 2. The number of fused-ring (bicyclic) bond motifs is 2. The van der Waals surface area contributed by atoms with E-state index in [1.54, 1.807) is 20.2 Å². The Morgan fingerprint density at radius 3 is 2.54 bits per heavy atom. The van der Waals surface area contributed by atoms with Crippen molar-refractivity contribution in [1.29, 1.82) is 0 Å². The lowest BCUT2D eigenvalue weighted by atomic mass is 9.98. The number of phenols is 2. The summed E-state index contributed by atoms with van der Waals surface area (Å²) >= 11 is 0. The summed E-state index contributed by atoms with van der Waals surface area (Å²) in [5, 5.41) is 23.6. The number of ether oxygens (including phenoxy) is 1. The Morgan fingerprint density at radius 1 is 1.09 bits per heavy atom. The monoisotopic (exact) mass is 469 g/mol. The van der Waals surface area contributed by atoms with E-state index in [0.29, 0.717) is 5.69 Å². The van der Waals surface area contributed by atoms with E-state index in [1.165, 1.54) is 11.0 Å². The van der Waals surface area contributed by atoms with Gasteiger partial charge in [-0.2, -0.15) is 0 Å². The van der Waals surface area contributed by atoms with Gasteiger partial charge >= 0.3 is 6.03 Å². The average molecular weight is 469 g/mol. The van der Waals surface area contributed by atoms with Crippen molar-refractivity contribution in [3.8, 4) is 28.4 Å². The van der Waals surface area contributed by atoms with Crippen LogP contribution in [0.2, 0.25) is 0 Å². The Labute approximate surface area is 201 Å². The van der Waals surface area contributed by atoms with Crippen molar-refractivity contribution in [1.82, 2.24) is 9.47 Å². The number of urea groups is 1. The van der Waals surface area contributed by atoms with Crippen LogP contribution >= 0.6 is 0 Å². The second-order valence-electron chi connectivity index (χ2n) is 8.57. The molecule has 1 aromatic heterocycles. The third kappa shape index (κ3) is 3.85. The summed E-state index contributed by atoms with van der Waals surface area (Å²) in [5.41, 5.74) is 4.33. The molecule has 8 nitrogen and oxygen atoms in total. The van der Waals surface area contributed by atoms with E-state index >= 15 is 0 Å². The van der Waals surface area contributed by atoms with Crippen molar-refractivity contribution >= 4 is 34.5 Å². The highest BCUT2D eigenvalue weighted by Gasteiger charge is 2.31. The first-order chi connectivity index (χ1) is 16.7. The number of hydrogen-bond donors (Lipinski definition) is 3. The Balaban J connectivity index is 1.57. The van der Waals surface area contributed by atoms with Crippen LogP contribution in [0.1, 0.15) is 15.9 Å². The number of aromatic nitrogens is 1. The van der Waals surface area contributed by atoms with E-state index < -0.39 is 5.78 Å². The van der Waals surface area contributed by atoms with Gasteiger partial charge in [0.15, 0.2) is 5.76 Å². The van der Waals surface area contributed by atoms with Crippen LogP contribution in [0.5, 0.6) is 17.2 Å². The molecule has 0 saturated carbocycles. The van der Waals surface area contributed by atoms with Gasteiger partial charge in [0, 0.05) is 61.6 Å². The number of rotatable bonds is 3. The predicted molar refractivity (Wildman–Crippen MR) is 134 cm³/mol. The van der Waals surface area contributed by atoms with Crippen LogP contribution in [0, 0.1) is 0 Å². The molecule has 0 unspecified atom stereocenters. The SMILES string of the molecule is CN(C)C(=O)Nc1ccc(-c2cccc3c2c(C=C2Oc4cc(O)cc(O)c4C2=O)cn3C)cc1. The minimum absolute atomic E-state index is 0.0323. The lowest BCUT2D eigenvalue weighted by Gasteiger charge is -2.12. The summed E-state index contributed by atoms with van der Waals surface area (Å²) in [5.74, 6) is -0.783. The number of benzene rings is 3. The quantitative estimate of drug-likeness (QED) is 0.368. The van der Waals surface area contributed by atoms with Gasteiger partial charge in [-0.1, -0.05) is 24.3 Å². The average Bonchev–Trinajstić information content (AvgIpc) is 3.30. The molecule has 1 aliphatic heterocycles. The molecular formula is C27H23N3O5. The fourth-order valence-corrected chi connectivity index (χ4v) is 4.22. The summed E-state index contributed by atoms with van der Waals surface area (Å²) in [6.07, 6.45) is 3.56. The maximum Gasteiger partial charge on any atom is 0.321 e. The fraction of sp³-hybridized carbons (Fsp3) is 0.111. The van der Waals surface area contributed by atoms with Crippen LogP contribution in [-0.4, -0.2) is 45.6 Å². The number of phenolic OH excluding ortho intramolecular Hbond substituents is 2. The van der Waals surface area contributed by atoms with E-state index in [0.717, 1.165) is 33.7 Å². The number of nitrogens with one attached hydrogen (secondary N) is 1. The number of nitrogens with zero attached hydrogens (tertiary/aromatic N) is 2. The molecule has 35 heavy (non-hydrogen) atoms. The second kappa shape index (κ2) is 8.25. The number of ketones is 1. The van der Waals surface area contributed by atoms with Crippen LogP contribution in [0.3, 0.4) is 0 Å². The molecule has 4 aromatic rings. The molecule has 176 valence electrons. The maximum absolute atomic E-state index is 12.9. The van der Waals surface area contributed by atoms with E-state index in [-0.39, 0.29) is 34.6 Å². The smallest absolute Gasteiger partial charge is 0.321 e. The van der Waals surface area contributed by atoms with Crippen LogP contribution in [0.25, 0.3) is 28.1 Å². The molecule has 8 heteroatoms. The topological polar surface area (TPSA) is 104 Å². The van der Waals surface area contributed by atoms with Gasteiger partial charge in [0.25, 0.3) is 0 Å². The minimum Gasteiger partial charge on any atom is -0.508 e. The third-order valence-electron chi connectivity index (χ3n) is 5.92. The van der Waals surface area contributed by atoms with Crippen molar-refractivity contribution in [3.63, 3.8) is 0 Å². The standard InChI is InChI=1S/C27H23N3O5/c1-29(2)27(34)28-17-9-7-15(8-10-17)19-5-4-6-20-24(19)16(14-30(20)3)11-23-26(33)25-21(32)12-18(31)13-22(25)35-23/h4-14,31-32H,1-3H3,(H,28,34). The van der Waals surface area contributed by atoms with Crippen molar-refractivity contribution in [2.24, 2.45) is 7.05 Å². The van der Waals surface area contributed by atoms with Gasteiger partial charge in [-0.3, -0.25) is 4.79 Å². The highest BCUT2D eigenvalue weighted by molar-refractivity contribution is 6.17. The maximum atomic E-state index is 12.9. The molecule has 0 spiro atoms. The number of aromatic hydroxyl groups is 2. The minimum atomic E-state index is -0.451. The van der Waals surface area contributed by atoms with Gasteiger partial charge in [-0.15, -0.1) is 0 Å². The largest absolute Gasteiger partial charge is 0.508 e. The Kier molecular flexibility index (Phi) is 5.21. The molecule has 0 radical (unpaired) electrons. The van der Waals surface area contributed by atoms with Crippen molar-refractivity contribution < 1.29 is 24.5 Å². The number of aryl methyl sites for hydroxylation is 1. The van der Waals surface area contributed by atoms with E-state index in [2.05, 4.69) is 5.32 Å². The Bertz CT molecular complexity index is 1530. The molecule has 5 rings (SSSR count). The third-order valence-corrected chi connectivity index (χ3v) is 5.92. The van der Waals surface area contributed by atoms with Crippen molar-refractivity contribution in [2.75, 3.05) is 19.4 Å². The van der Waals surface area contributed by atoms with E-state index in [4.69, 9.17) is 4.74 Å². The summed E-state index contributed by atoms with van der Waals surface area (Å²) in [4.78, 5) is 26.3. The zero-order chi connectivity index (χ0) is 24.9. The number of anilines is 1. The first-order valence-corrected chi connectivity index (χ1v) is 10.9. The van der Waals surface area contributed by atoms with Gasteiger partial charge in [-0.25, -0.2) is 4.79 Å². The fourth-order valence-electron chi connectivity index (χ4n) is 4.22. The van der Waals surface area contributed by atoms with Crippen LogP contribution < -0.4 is 10.1 Å². The summed E-state index contributed by atoms with van der Waals surface area (Å²) in [6.45, 7) is 0.